The molecule has 0 bridgehead atoms. The van der Waals surface area contributed by atoms with E-state index in [0.29, 0.717) is 18.5 Å². The molecule has 1 aliphatic heterocycles. The van der Waals surface area contributed by atoms with E-state index in [4.69, 9.17) is 0 Å². The van der Waals surface area contributed by atoms with Gasteiger partial charge in [-0.15, -0.1) is 11.3 Å². The van der Waals surface area contributed by atoms with Gasteiger partial charge in [-0.1, -0.05) is 0 Å². The Balaban J connectivity index is 1.77. The molecule has 1 saturated heterocycles. The number of nitro groups is 1. The molecule has 0 saturated carbocycles. The van der Waals surface area contributed by atoms with E-state index in [1.54, 1.807) is 15.9 Å². The number of carbonyl (C=O) groups is 1. The van der Waals surface area contributed by atoms with Crippen molar-refractivity contribution < 1.29 is 9.72 Å². The molecule has 7 nitrogen and oxygen atoms in total. The minimum Gasteiger partial charge on any atom is -0.348 e. The SMILES string of the molecule is O=Cc1cc([N+](=O)[O-])cn1Cc1csc(N2CCCCC2)n1. The molecular formula is C14H16N4O3S. The third kappa shape index (κ3) is 3.01. The van der Waals surface area contributed by atoms with Gasteiger partial charge in [-0.3, -0.25) is 14.9 Å². The highest BCUT2D eigenvalue weighted by atomic mass is 32.1. The van der Waals surface area contributed by atoms with Crippen LogP contribution in [-0.4, -0.2) is 33.9 Å². The predicted octanol–water partition coefficient (Wildman–Crippen LogP) is 2.70. The lowest BCUT2D eigenvalue weighted by Gasteiger charge is -2.25. The summed E-state index contributed by atoms with van der Waals surface area (Å²) >= 11 is 1.58. The van der Waals surface area contributed by atoms with Gasteiger partial charge < -0.3 is 9.47 Å². The van der Waals surface area contributed by atoms with Crippen molar-refractivity contribution in [2.75, 3.05) is 18.0 Å². The van der Waals surface area contributed by atoms with E-state index in [-0.39, 0.29) is 5.69 Å². The van der Waals surface area contributed by atoms with Crippen LogP contribution in [0.15, 0.2) is 17.6 Å². The first-order valence-corrected chi connectivity index (χ1v) is 8.04. The van der Waals surface area contributed by atoms with Crippen LogP contribution in [-0.2, 0) is 6.54 Å². The van der Waals surface area contributed by atoms with Gasteiger partial charge in [0.15, 0.2) is 11.4 Å². The average Bonchev–Trinajstić information content (AvgIpc) is 3.15. The van der Waals surface area contributed by atoms with Crippen molar-refractivity contribution in [2.45, 2.75) is 25.8 Å². The Hall–Kier alpha value is -2.22. The van der Waals surface area contributed by atoms with Crippen LogP contribution in [0, 0.1) is 10.1 Å². The lowest BCUT2D eigenvalue weighted by molar-refractivity contribution is -0.384. The topological polar surface area (TPSA) is 81.3 Å². The molecular weight excluding hydrogens is 304 g/mol. The van der Waals surface area contributed by atoms with Crippen molar-refractivity contribution >= 4 is 28.4 Å². The van der Waals surface area contributed by atoms with Gasteiger partial charge in [0, 0.05) is 24.5 Å². The van der Waals surface area contributed by atoms with Gasteiger partial charge in [0.25, 0.3) is 5.69 Å². The molecule has 8 heteroatoms. The van der Waals surface area contributed by atoms with E-state index in [2.05, 4.69) is 9.88 Å². The number of carbonyl (C=O) groups excluding carboxylic acids is 1. The standard InChI is InChI=1S/C14H16N4O3S/c19-9-13-6-12(18(20)21)8-17(13)7-11-10-22-14(15-11)16-4-2-1-3-5-16/h6,8-10H,1-5,7H2. The summed E-state index contributed by atoms with van der Waals surface area (Å²) in [4.78, 5) is 28.2. The van der Waals surface area contributed by atoms with Crippen LogP contribution in [0.2, 0.25) is 0 Å². The summed E-state index contributed by atoms with van der Waals surface area (Å²) in [7, 11) is 0. The fourth-order valence-electron chi connectivity index (χ4n) is 2.62. The molecule has 0 N–H and O–H groups in total. The van der Waals surface area contributed by atoms with Crippen molar-refractivity contribution in [1.29, 1.82) is 0 Å². The summed E-state index contributed by atoms with van der Waals surface area (Å²) in [6, 6.07) is 1.28. The first kappa shape index (κ1) is 14.7. The maximum atomic E-state index is 11.0. The van der Waals surface area contributed by atoms with E-state index in [0.717, 1.165) is 23.9 Å². The Morgan fingerprint density at radius 1 is 1.36 bits per heavy atom. The molecule has 0 amide bonds. The van der Waals surface area contributed by atoms with E-state index in [1.807, 2.05) is 5.38 Å². The highest BCUT2D eigenvalue weighted by molar-refractivity contribution is 7.13. The molecule has 1 aliphatic rings. The number of thiazole rings is 1. The van der Waals surface area contributed by atoms with Crippen LogP contribution in [0.4, 0.5) is 10.8 Å². The number of piperidine rings is 1. The summed E-state index contributed by atoms with van der Waals surface area (Å²) < 4.78 is 1.57. The second-order valence-corrected chi connectivity index (χ2v) is 6.13. The second-order valence-electron chi connectivity index (χ2n) is 5.30. The van der Waals surface area contributed by atoms with Crippen molar-refractivity contribution in [1.82, 2.24) is 9.55 Å². The molecule has 0 radical (unpaired) electrons. The van der Waals surface area contributed by atoms with Crippen LogP contribution in [0.25, 0.3) is 0 Å². The van der Waals surface area contributed by atoms with Gasteiger partial charge in [-0.25, -0.2) is 4.98 Å². The van der Waals surface area contributed by atoms with Crippen molar-refractivity contribution in [3.63, 3.8) is 0 Å². The zero-order chi connectivity index (χ0) is 15.5. The minimum absolute atomic E-state index is 0.0754. The van der Waals surface area contributed by atoms with Crippen LogP contribution in [0.1, 0.15) is 35.4 Å². The summed E-state index contributed by atoms with van der Waals surface area (Å²) in [6.07, 6.45) is 5.65. The highest BCUT2D eigenvalue weighted by Gasteiger charge is 2.17. The largest absolute Gasteiger partial charge is 0.348 e. The van der Waals surface area contributed by atoms with Crippen LogP contribution in [0.5, 0.6) is 0 Å². The summed E-state index contributed by atoms with van der Waals surface area (Å²) in [5.74, 6) is 0. The van der Waals surface area contributed by atoms with E-state index < -0.39 is 4.92 Å². The zero-order valence-corrected chi connectivity index (χ0v) is 12.8. The van der Waals surface area contributed by atoms with E-state index in [9.17, 15) is 14.9 Å². The Bertz CT molecular complexity index is 688. The molecule has 2 aromatic heterocycles. The number of hydrogen-bond acceptors (Lipinski definition) is 6. The van der Waals surface area contributed by atoms with Gasteiger partial charge in [-0.05, 0) is 19.3 Å². The smallest absolute Gasteiger partial charge is 0.287 e. The van der Waals surface area contributed by atoms with Crippen molar-refractivity contribution in [2.24, 2.45) is 0 Å². The van der Waals surface area contributed by atoms with Crippen LogP contribution < -0.4 is 4.90 Å². The van der Waals surface area contributed by atoms with E-state index in [1.165, 1.54) is 31.5 Å². The zero-order valence-electron chi connectivity index (χ0n) is 12.0. The normalized spacial score (nSPS) is 15.0. The number of aromatic nitrogens is 2. The quantitative estimate of drug-likeness (QED) is 0.480. The number of hydrogen-bond donors (Lipinski definition) is 0. The average molecular weight is 320 g/mol. The monoisotopic (exact) mass is 320 g/mol. The number of aldehydes is 1. The first-order chi connectivity index (χ1) is 10.7. The van der Waals surface area contributed by atoms with Gasteiger partial charge in [-0.2, -0.15) is 0 Å². The second kappa shape index (κ2) is 6.27. The minimum atomic E-state index is -0.496. The predicted molar refractivity (Wildman–Crippen MR) is 83.8 cm³/mol. The third-order valence-electron chi connectivity index (χ3n) is 3.75. The lowest BCUT2D eigenvalue weighted by atomic mass is 10.1. The summed E-state index contributed by atoms with van der Waals surface area (Å²) in [6.45, 7) is 2.43. The summed E-state index contributed by atoms with van der Waals surface area (Å²) in [5.41, 5.74) is 1.03. The molecule has 3 rings (SSSR count). The third-order valence-corrected chi connectivity index (χ3v) is 4.70. The van der Waals surface area contributed by atoms with Crippen molar-refractivity contribution in [3.8, 4) is 0 Å². The molecule has 0 aliphatic carbocycles. The Morgan fingerprint density at radius 2 is 2.14 bits per heavy atom. The molecule has 1 fully saturated rings. The number of rotatable bonds is 5. The maximum Gasteiger partial charge on any atom is 0.287 e. The van der Waals surface area contributed by atoms with Gasteiger partial charge >= 0.3 is 0 Å². The lowest BCUT2D eigenvalue weighted by Crippen LogP contribution is -2.29. The Kier molecular flexibility index (Phi) is 4.19. The van der Waals surface area contributed by atoms with Crippen LogP contribution >= 0.6 is 11.3 Å². The van der Waals surface area contributed by atoms with Crippen molar-refractivity contribution in [3.05, 3.63) is 39.1 Å². The molecule has 116 valence electrons. The number of anilines is 1. The molecule has 0 aromatic carbocycles. The van der Waals surface area contributed by atoms with E-state index >= 15 is 0 Å². The molecule has 2 aromatic rings. The Labute approximate surface area is 131 Å². The molecule has 0 atom stereocenters. The fourth-order valence-corrected chi connectivity index (χ4v) is 3.49. The molecule has 3 heterocycles. The van der Waals surface area contributed by atoms with Gasteiger partial charge in [0.2, 0.25) is 0 Å². The molecule has 0 unspecified atom stereocenters. The fraction of sp³-hybridized carbons (Fsp3) is 0.429. The van der Waals surface area contributed by atoms with Gasteiger partial charge in [0.1, 0.15) is 0 Å². The van der Waals surface area contributed by atoms with Gasteiger partial charge in [0.05, 0.1) is 29.1 Å². The first-order valence-electron chi connectivity index (χ1n) is 7.16. The molecule has 0 spiro atoms. The van der Waals surface area contributed by atoms with Crippen LogP contribution in [0.3, 0.4) is 0 Å². The summed E-state index contributed by atoms with van der Waals surface area (Å²) in [5, 5.41) is 13.7. The molecule has 22 heavy (non-hydrogen) atoms. The number of nitrogens with zero attached hydrogens (tertiary/aromatic N) is 4. The Morgan fingerprint density at radius 3 is 2.82 bits per heavy atom. The highest BCUT2D eigenvalue weighted by Crippen LogP contribution is 2.25. The maximum absolute atomic E-state index is 11.0.